The summed E-state index contributed by atoms with van der Waals surface area (Å²) in [5.41, 5.74) is 8.66. The van der Waals surface area contributed by atoms with Gasteiger partial charge in [-0.1, -0.05) is 55.4 Å². The predicted octanol–water partition coefficient (Wildman–Crippen LogP) is 5.21. The fraction of sp³-hybridized carbons (Fsp3) is 0.714. The van der Waals surface area contributed by atoms with Gasteiger partial charge in [-0.3, -0.25) is 0 Å². The Morgan fingerprint density at radius 2 is 1.32 bits per heavy atom. The maximum Gasteiger partial charge on any atom is 0.123 e. The highest BCUT2D eigenvalue weighted by molar-refractivity contribution is 5.85. The third-order valence-electron chi connectivity index (χ3n) is 4.59. The molecule has 0 fully saturated rings. The highest BCUT2D eigenvalue weighted by Crippen LogP contribution is 2.41. The van der Waals surface area contributed by atoms with Crippen molar-refractivity contribution < 1.29 is 10.2 Å². The highest BCUT2D eigenvalue weighted by Gasteiger charge is 2.28. The second-order valence-corrected chi connectivity index (χ2v) is 9.53. The minimum Gasteiger partial charge on any atom is -0.507 e. The van der Waals surface area contributed by atoms with Crippen LogP contribution >= 0.6 is 12.4 Å². The van der Waals surface area contributed by atoms with E-state index >= 15 is 0 Å². The normalized spacial score (nSPS) is 15.0. The van der Waals surface area contributed by atoms with E-state index < -0.39 is 12.1 Å². The molecular formula is C21H38ClNO2. The molecule has 25 heavy (non-hydrogen) atoms. The lowest BCUT2D eigenvalue weighted by atomic mass is 9.77. The first-order chi connectivity index (χ1) is 10.7. The number of hydrogen-bond acceptors (Lipinski definition) is 3. The molecule has 1 aromatic rings. The first kappa shape index (κ1) is 24.2. The summed E-state index contributed by atoms with van der Waals surface area (Å²) in [6.45, 7) is 16.8. The average Bonchev–Trinajstić information content (AvgIpc) is 2.41. The smallest absolute Gasteiger partial charge is 0.123 e. The lowest BCUT2D eigenvalue weighted by Crippen LogP contribution is -2.28. The van der Waals surface area contributed by atoms with Crippen LogP contribution in [0.4, 0.5) is 0 Å². The Bertz CT molecular complexity index is 521. The molecule has 1 rings (SSSR count). The Balaban J connectivity index is 0.00000576. The predicted molar refractivity (Wildman–Crippen MR) is 110 cm³/mol. The summed E-state index contributed by atoms with van der Waals surface area (Å²) in [7, 11) is 0. The zero-order chi connectivity index (χ0) is 18.9. The SMILES string of the molecule is CC(C)CC[C@@H](O)[C@@H](N)c1cc(C(C)(C)C)c(O)c(C(C)(C)C)c1.Cl. The molecule has 0 saturated carbocycles. The van der Waals surface area contributed by atoms with Crippen LogP contribution in [0.5, 0.6) is 5.75 Å². The molecule has 0 aromatic heterocycles. The second-order valence-electron chi connectivity index (χ2n) is 9.53. The van der Waals surface area contributed by atoms with Crippen molar-refractivity contribution in [1.82, 2.24) is 0 Å². The maximum atomic E-state index is 10.8. The van der Waals surface area contributed by atoms with Crippen LogP contribution in [-0.4, -0.2) is 16.3 Å². The van der Waals surface area contributed by atoms with E-state index in [9.17, 15) is 10.2 Å². The third kappa shape index (κ3) is 6.47. The molecule has 1 aromatic carbocycles. The van der Waals surface area contributed by atoms with Gasteiger partial charge < -0.3 is 15.9 Å². The molecule has 0 radical (unpaired) electrons. The van der Waals surface area contributed by atoms with Gasteiger partial charge in [-0.25, -0.2) is 0 Å². The van der Waals surface area contributed by atoms with E-state index in [-0.39, 0.29) is 23.2 Å². The van der Waals surface area contributed by atoms with Crippen molar-refractivity contribution in [2.75, 3.05) is 0 Å². The van der Waals surface area contributed by atoms with E-state index in [0.717, 1.165) is 23.1 Å². The highest BCUT2D eigenvalue weighted by atomic mass is 35.5. The van der Waals surface area contributed by atoms with Crippen molar-refractivity contribution in [3.8, 4) is 5.75 Å². The van der Waals surface area contributed by atoms with Crippen LogP contribution in [0.1, 0.15) is 91.0 Å². The molecule has 0 unspecified atom stereocenters. The summed E-state index contributed by atoms with van der Waals surface area (Å²) in [4.78, 5) is 0. The molecule has 2 atom stereocenters. The van der Waals surface area contributed by atoms with Crippen LogP contribution < -0.4 is 5.73 Å². The number of phenols is 1. The van der Waals surface area contributed by atoms with Crippen molar-refractivity contribution in [3.05, 3.63) is 28.8 Å². The second kappa shape index (κ2) is 8.75. The lowest BCUT2D eigenvalue weighted by Gasteiger charge is -2.30. The van der Waals surface area contributed by atoms with Gasteiger partial charge >= 0.3 is 0 Å². The minimum atomic E-state index is -0.572. The topological polar surface area (TPSA) is 66.5 Å². The zero-order valence-corrected chi connectivity index (χ0v) is 18.0. The summed E-state index contributed by atoms with van der Waals surface area (Å²) >= 11 is 0. The standard InChI is InChI=1S/C21H37NO2.ClH/c1-13(2)9-10-17(23)18(22)14-11-15(20(3,4)5)19(24)16(12-14)21(6,7)8;/h11-13,17-18,23-24H,9-10,22H2,1-8H3;1H/t17-,18+;/m1./s1. The zero-order valence-electron chi connectivity index (χ0n) is 17.2. The average molecular weight is 372 g/mol. The van der Waals surface area contributed by atoms with Crippen LogP contribution in [0.3, 0.4) is 0 Å². The van der Waals surface area contributed by atoms with Crippen molar-refractivity contribution in [1.29, 1.82) is 0 Å². The van der Waals surface area contributed by atoms with Gasteiger partial charge in [0, 0.05) is 0 Å². The van der Waals surface area contributed by atoms with E-state index in [0.29, 0.717) is 18.1 Å². The van der Waals surface area contributed by atoms with Gasteiger partial charge in [-0.15, -0.1) is 12.4 Å². The van der Waals surface area contributed by atoms with Crippen molar-refractivity contribution >= 4 is 12.4 Å². The van der Waals surface area contributed by atoms with Crippen molar-refractivity contribution in [2.45, 2.75) is 91.2 Å². The number of hydrogen-bond donors (Lipinski definition) is 3. The number of nitrogens with two attached hydrogens (primary N) is 1. The van der Waals surface area contributed by atoms with Crippen LogP contribution in [0.25, 0.3) is 0 Å². The van der Waals surface area contributed by atoms with Crippen LogP contribution in [-0.2, 0) is 10.8 Å². The fourth-order valence-electron chi connectivity index (χ4n) is 2.90. The van der Waals surface area contributed by atoms with E-state index in [1.807, 2.05) is 12.1 Å². The van der Waals surface area contributed by atoms with Gasteiger partial charge in [-0.2, -0.15) is 0 Å². The summed E-state index contributed by atoms with van der Waals surface area (Å²) in [5.74, 6) is 0.893. The van der Waals surface area contributed by atoms with E-state index in [1.165, 1.54) is 0 Å². The van der Waals surface area contributed by atoms with Crippen LogP contribution in [0.15, 0.2) is 12.1 Å². The molecule has 0 saturated heterocycles. The summed E-state index contributed by atoms with van der Waals surface area (Å²) in [6.07, 6.45) is 1.07. The van der Waals surface area contributed by atoms with E-state index in [4.69, 9.17) is 5.73 Å². The molecule has 3 nitrogen and oxygen atoms in total. The molecular weight excluding hydrogens is 334 g/mol. The number of phenolic OH excluding ortho intramolecular Hbond substituents is 1. The summed E-state index contributed by atoms with van der Waals surface area (Å²) < 4.78 is 0. The number of aliphatic hydroxyl groups excluding tert-OH is 1. The number of aromatic hydroxyl groups is 1. The quantitative estimate of drug-likeness (QED) is 0.665. The van der Waals surface area contributed by atoms with Crippen LogP contribution in [0, 0.1) is 5.92 Å². The number of benzene rings is 1. The number of rotatable bonds is 5. The lowest BCUT2D eigenvalue weighted by molar-refractivity contribution is 0.128. The molecule has 0 spiro atoms. The molecule has 0 aliphatic carbocycles. The van der Waals surface area contributed by atoms with Gasteiger partial charge in [0.15, 0.2) is 0 Å². The number of aliphatic hydroxyl groups is 1. The van der Waals surface area contributed by atoms with E-state index in [1.54, 1.807) is 0 Å². The number of halogens is 1. The third-order valence-corrected chi connectivity index (χ3v) is 4.59. The minimum absolute atomic E-state index is 0. The van der Waals surface area contributed by atoms with Crippen molar-refractivity contribution in [2.24, 2.45) is 11.7 Å². The Morgan fingerprint density at radius 1 is 0.920 bits per heavy atom. The summed E-state index contributed by atoms with van der Waals surface area (Å²) in [5, 5.41) is 21.3. The molecule has 0 heterocycles. The van der Waals surface area contributed by atoms with Gasteiger partial charge in [0.1, 0.15) is 5.75 Å². The Labute approximate surface area is 160 Å². The van der Waals surface area contributed by atoms with Crippen LogP contribution in [0.2, 0.25) is 0 Å². The molecule has 4 heteroatoms. The largest absolute Gasteiger partial charge is 0.507 e. The molecule has 0 bridgehead atoms. The molecule has 4 N–H and O–H groups in total. The Kier molecular flexibility index (Phi) is 8.48. The molecule has 0 amide bonds. The Morgan fingerprint density at radius 3 is 1.64 bits per heavy atom. The van der Waals surface area contributed by atoms with Gasteiger partial charge in [0.2, 0.25) is 0 Å². The van der Waals surface area contributed by atoms with Gasteiger partial charge in [-0.05, 0) is 58.4 Å². The monoisotopic (exact) mass is 371 g/mol. The van der Waals surface area contributed by atoms with E-state index in [2.05, 4.69) is 55.4 Å². The first-order valence-corrected chi connectivity index (χ1v) is 9.06. The molecule has 146 valence electrons. The maximum absolute atomic E-state index is 10.8. The summed E-state index contributed by atoms with van der Waals surface area (Å²) in [6, 6.07) is 3.49. The van der Waals surface area contributed by atoms with Crippen molar-refractivity contribution in [3.63, 3.8) is 0 Å². The van der Waals surface area contributed by atoms with Gasteiger partial charge in [0.05, 0.1) is 12.1 Å². The fourth-order valence-corrected chi connectivity index (χ4v) is 2.90. The molecule has 0 aliphatic heterocycles. The Hall–Kier alpha value is -0.770. The molecule has 0 aliphatic rings. The van der Waals surface area contributed by atoms with Gasteiger partial charge in [0.25, 0.3) is 0 Å². The first-order valence-electron chi connectivity index (χ1n) is 9.06.